The third-order valence-corrected chi connectivity index (χ3v) is 4.32. The fraction of sp³-hybridized carbons (Fsp3) is 0.273. The van der Waals surface area contributed by atoms with Crippen LogP contribution < -0.4 is 4.46 Å². The molecule has 0 saturated heterocycles. The molecule has 0 spiro atoms. The average molecular weight is 268 g/mol. The summed E-state index contributed by atoms with van der Waals surface area (Å²) >= 11 is -0.240. The van der Waals surface area contributed by atoms with Gasteiger partial charge in [-0.15, -0.1) is 0 Å². The summed E-state index contributed by atoms with van der Waals surface area (Å²) in [5.74, 6) is -0.464. The van der Waals surface area contributed by atoms with Crippen LogP contribution in [0.2, 0.25) is 4.31 Å². The maximum absolute atomic E-state index is 11.4. The van der Waals surface area contributed by atoms with Gasteiger partial charge in [0.15, 0.2) is 0 Å². The van der Waals surface area contributed by atoms with E-state index in [-0.39, 0.29) is 15.0 Å². The fourth-order valence-electron chi connectivity index (χ4n) is 1.03. The van der Waals surface area contributed by atoms with Crippen LogP contribution in [-0.2, 0) is 9.53 Å². The molecule has 0 heterocycles. The van der Waals surface area contributed by atoms with Crippen molar-refractivity contribution in [3.63, 3.8) is 0 Å². The second-order valence-electron chi connectivity index (χ2n) is 3.05. The van der Waals surface area contributed by atoms with Gasteiger partial charge in [0, 0.05) is 0 Å². The van der Waals surface area contributed by atoms with E-state index in [0.717, 1.165) is 4.46 Å². The molecule has 1 rings (SSSR count). The third-order valence-electron chi connectivity index (χ3n) is 1.85. The van der Waals surface area contributed by atoms with Gasteiger partial charge in [0.05, 0.1) is 0 Å². The number of hydrogen-bond donors (Lipinski definition) is 0. The van der Waals surface area contributed by atoms with Crippen molar-refractivity contribution in [1.82, 2.24) is 0 Å². The van der Waals surface area contributed by atoms with Gasteiger partial charge in [0.25, 0.3) is 0 Å². The van der Waals surface area contributed by atoms with Crippen molar-refractivity contribution < 1.29 is 9.53 Å². The van der Waals surface area contributed by atoms with Crippen molar-refractivity contribution in [2.45, 2.75) is 11.2 Å². The topological polar surface area (TPSA) is 50.1 Å². The molecule has 0 aliphatic heterocycles. The number of ether oxygens (including phenoxy) is 1. The second-order valence-corrected chi connectivity index (χ2v) is 6.18. The van der Waals surface area contributed by atoms with Gasteiger partial charge in [-0.1, -0.05) is 0 Å². The number of nitriles is 1. The molecule has 0 bridgehead atoms. The van der Waals surface area contributed by atoms with Gasteiger partial charge in [0.2, 0.25) is 0 Å². The second kappa shape index (κ2) is 4.97. The van der Waals surface area contributed by atoms with Crippen molar-refractivity contribution in [1.29, 1.82) is 5.26 Å². The summed E-state index contributed by atoms with van der Waals surface area (Å²) in [5.41, 5.74) is 0. The normalized spacial score (nSPS) is 13.7. The van der Waals surface area contributed by atoms with Crippen LogP contribution in [0.5, 0.6) is 0 Å². The summed E-state index contributed by atoms with van der Waals surface area (Å²) in [6.45, 7) is 1.62. The predicted molar refractivity (Wildman–Crippen MR) is 57.8 cm³/mol. The Morgan fingerprint density at radius 1 is 1.47 bits per heavy atom. The first-order valence-electron chi connectivity index (χ1n) is 4.36. The summed E-state index contributed by atoms with van der Waals surface area (Å²) in [6, 6.07) is 11.6. The number of nitrogens with zero attached hydrogens (tertiary/aromatic N) is 1. The molecule has 15 heavy (non-hydrogen) atoms. The van der Waals surface area contributed by atoms with E-state index in [0.29, 0.717) is 0 Å². The van der Waals surface area contributed by atoms with Crippen molar-refractivity contribution in [2.24, 2.45) is 0 Å². The fourth-order valence-corrected chi connectivity index (χ4v) is 3.08. The van der Waals surface area contributed by atoms with E-state index in [1.165, 1.54) is 7.11 Å². The minimum atomic E-state index is -1.04. The van der Waals surface area contributed by atoms with Gasteiger partial charge in [-0.25, -0.2) is 0 Å². The van der Waals surface area contributed by atoms with Crippen LogP contribution in [0.15, 0.2) is 30.3 Å². The van der Waals surface area contributed by atoms with Gasteiger partial charge in [-0.05, 0) is 0 Å². The van der Waals surface area contributed by atoms with Crippen molar-refractivity contribution in [3.05, 3.63) is 30.3 Å². The number of hydrogen-bond acceptors (Lipinski definition) is 3. The molecule has 3 nitrogen and oxygen atoms in total. The van der Waals surface area contributed by atoms with E-state index < -0.39 is 10.3 Å². The molecule has 4 heteroatoms. The molecule has 0 aliphatic carbocycles. The first kappa shape index (κ1) is 11.8. The molecule has 0 saturated carbocycles. The Labute approximate surface area is 95.2 Å². The SMILES string of the molecule is COC(=O)C(C)(C#N)[Se]c1ccccc1. The zero-order valence-corrected chi connectivity index (χ0v) is 10.3. The molecule has 0 aromatic heterocycles. The van der Waals surface area contributed by atoms with E-state index in [4.69, 9.17) is 5.26 Å². The summed E-state index contributed by atoms with van der Waals surface area (Å²) in [5, 5.41) is 9.01. The Morgan fingerprint density at radius 2 is 2.07 bits per heavy atom. The van der Waals surface area contributed by atoms with Gasteiger partial charge < -0.3 is 0 Å². The average Bonchev–Trinajstić information content (AvgIpc) is 2.29. The van der Waals surface area contributed by atoms with Crippen LogP contribution >= 0.6 is 0 Å². The number of benzene rings is 1. The van der Waals surface area contributed by atoms with E-state index in [2.05, 4.69) is 4.74 Å². The van der Waals surface area contributed by atoms with E-state index in [1.54, 1.807) is 6.92 Å². The van der Waals surface area contributed by atoms with Crippen LogP contribution in [0.3, 0.4) is 0 Å². The Morgan fingerprint density at radius 3 is 2.53 bits per heavy atom. The Kier molecular flexibility index (Phi) is 3.90. The van der Waals surface area contributed by atoms with E-state index in [9.17, 15) is 4.79 Å². The minimum absolute atomic E-state index is 0.240. The third kappa shape index (κ3) is 2.82. The molecule has 1 aromatic carbocycles. The van der Waals surface area contributed by atoms with Crippen molar-refractivity contribution in [2.75, 3.05) is 7.11 Å². The summed E-state index contributed by atoms with van der Waals surface area (Å²) in [4.78, 5) is 11.4. The van der Waals surface area contributed by atoms with Gasteiger partial charge in [-0.3, -0.25) is 0 Å². The zero-order valence-electron chi connectivity index (χ0n) is 8.56. The standard InChI is InChI=1S/C11H11NO2Se/c1-11(8-12,10(13)14-2)15-9-6-4-3-5-7-9/h3-7H,1-2H3. The van der Waals surface area contributed by atoms with Gasteiger partial charge in [-0.2, -0.15) is 0 Å². The number of esters is 1. The Bertz CT molecular complexity index is 385. The number of carbonyl (C=O) groups is 1. The van der Waals surface area contributed by atoms with E-state index >= 15 is 0 Å². The molecule has 0 radical (unpaired) electrons. The molecule has 0 aliphatic rings. The predicted octanol–water partition coefficient (Wildman–Crippen LogP) is 0.891. The molecule has 1 unspecified atom stereocenters. The van der Waals surface area contributed by atoms with Crippen molar-refractivity contribution in [3.8, 4) is 6.07 Å². The molecule has 1 atom stereocenters. The molecular weight excluding hydrogens is 257 g/mol. The summed E-state index contributed by atoms with van der Waals surface area (Å²) in [6.07, 6.45) is 0. The van der Waals surface area contributed by atoms with Crippen LogP contribution in [0, 0.1) is 11.3 Å². The Balaban J connectivity index is 2.88. The van der Waals surface area contributed by atoms with Gasteiger partial charge >= 0.3 is 94.9 Å². The maximum atomic E-state index is 11.4. The summed E-state index contributed by atoms with van der Waals surface area (Å²) < 4.78 is 4.61. The molecule has 0 amide bonds. The monoisotopic (exact) mass is 269 g/mol. The molecular formula is C11H11NO2Se. The molecule has 1 aromatic rings. The number of methoxy groups -OCH3 is 1. The molecule has 78 valence electrons. The molecule has 0 N–H and O–H groups in total. The van der Waals surface area contributed by atoms with Crippen molar-refractivity contribution >= 4 is 25.4 Å². The first-order chi connectivity index (χ1) is 7.12. The van der Waals surface area contributed by atoms with Crippen LogP contribution in [-0.4, -0.2) is 28.0 Å². The van der Waals surface area contributed by atoms with Crippen LogP contribution in [0.4, 0.5) is 0 Å². The number of rotatable bonds is 3. The van der Waals surface area contributed by atoms with Gasteiger partial charge in [0.1, 0.15) is 0 Å². The summed E-state index contributed by atoms with van der Waals surface area (Å²) in [7, 11) is 1.30. The number of carbonyl (C=O) groups excluding carboxylic acids is 1. The van der Waals surface area contributed by atoms with Crippen LogP contribution in [0.1, 0.15) is 6.92 Å². The zero-order chi connectivity index (χ0) is 11.3. The first-order valence-corrected chi connectivity index (χ1v) is 6.07. The molecule has 0 fully saturated rings. The van der Waals surface area contributed by atoms with Crippen LogP contribution in [0.25, 0.3) is 0 Å². The van der Waals surface area contributed by atoms with E-state index in [1.807, 2.05) is 36.4 Å². The quantitative estimate of drug-likeness (QED) is 0.604. The Hall–Kier alpha value is -1.30.